The van der Waals surface area contributed by atoms with Crippen molar-refractivity contribution in [2.75, 3.05) is 46.2 Å². The molecule has 1 aromatic carbocycles. The van der Waals surface area contributed by atoms with Crippen LogP contribution in [0.1, 0.15) is 68.0 Å². The first-order chi connectivity index (χ1) is 24.3. The molecule has 10 nitrogen and oxygen atoms in total. The van der Waals surface area contributed by atoms with Crippen molar-refractivity contribution in [3.8, 4) is 5.75 Å². The van der Waals surface area contributed by atoms with Gasteiger partial charge in [0.25, 0.3) is 5.91 Å². The van der Waals surface area contributed by atoms with Crippen LogP contribution in [0.5, 0.6) is 5.75 Å². The summed E-state index contributed by atoms with van der Waals surface area (Å²) in [4.78, 5) is 32.8. The van der Waals surface area contributed by atoms with Crippen LogP contribution in [-0.2, 0) is 30.9 Å². The first-order valence-corrected chi connectivity index (χ1v) is 19.5. The first kappa shape index (κ1) is 34.5. The predicted octanol–water partition coefficient (Wildman–Crippen LogP) is 4.92. The average Bonchev–Trinajstić information content (AvgIpc) is 3.72. The number of alkyl halides is 3. The van der Waals surface area contributed by atoms with E-state index in [1.54, 1.807) is 7.11 Å². The Morgan fingerprint density at radius 1 is 1.08 bits per heavy atom. The molecule has 14 heteroatoms. The molecule has 2 aromatic rings. The van der Waals surface area contributed by atoms with Crippen LogP contribution in [-0.4, -0.2) is 99.1 Å². The lowest BCUT2D eigenvalue weighted by atomic mass is 9.75. The zero-order valence-corrected chi connectivity index (χ0v) is 29.6. The van der Waals surface area contributed by atoms with E-state index in [1.807, 2.05) is 27.8 Å². The van der Waals surface area contributed by atoms with Crippen LogP contribution in [0, 0.1) is 5.92 Å². The number of likely N-dealkylation sites (N-methyl/N-ethyl adjacent to an activating group) is 1. The Labute approximate surface area is 295 Å². The van der Waals surface area contributed by atoms with Crippen LogP contribution < -0.4 is 9.46 Å². The largest absolute Gasteiger partial charge is 0.496 e. The lowest BCUT2D eigenvalue weighted by Gasteiger charge is -2.50. The standard InChI is InChI=1S/C37H43F3N4O6S/c1-42-16-22-19-50-20-23(17-42)44(22)36(46)26-10-6-9-25-31(26)29-15-27-30(49-2)12-11-24(21-7-4-3-5-8-21)34(27)43(29)18-28-32(25)33(28)35(45)41-51(47,48)14-13-37(38,39)40/h6,9,11-12,15,21-23,26,31H,3-5,7-8,10,13-14,16-20H2,1-2H3,(H,41,45)/t22-,23+,26-,31?/m1/s1. The van der Waals surface area contributed by atoms with Gasteiger partial charge in [-0.05, 0) is 66.6 Å². The Morgan fingerprint density at radius 2 is 1.80 bits per heavy atom. The molecule has 4 heterocycles. The van der Waals surface area contributed by atoms with E-state index in [9.17, 15) is 31.2 Å². The van der Waals surface area contributed by atoms with Crippen LogP contribution in [0.25, 0.3) is 10.9 Å². The van der Waals surface area contributed by atoms with Gasteiger partial charge in [-0.25, -0.2) is 13.1 Å². The molecule has 2 bridgehead atoms. The van der Waals surface area contributed by atoms with Crippen LogP contribution in [0.4, 0.5) is 13.2 Å². The number of halogens is 3. The summed E-state index contributed by atoms with van der Waals surface area (Å²) in [5.74, 6) is -2.10. The lowest BCUT2D eigenvalue weighted by molar-refractivity contribution is -0.159. The zero-order chi connectivity index (χ0) is 35.8. The maximum Gasteiger partial charge on any atom is 0.390 e. The van der Waals surface area contributed by atoms with Crippen molar-refractivity contribution in [2.24, 2.45) is 5.92 Å². The van der Waals surface area contributed by atoms with E-state index < -0.39 is 46.1 Å². The molecule has 51 heavy (non-hydrogen) atoms. The molecule has 3 fully saturated rings. The van der Waals surface area contributed by atoms with Gasteiger partial charge in [-0.15, -0.1) is 0 Å². The minimum atomic E-state index is -4.69. The molecule has 3 aliphatic heterocycles. The Hall–Kier alpha value is -3.62. The fourth-order valence-corrected chi connectivity index (χ4v) is 10.4. The number of sulfonamides is 1. The number of benzene rings is 1. The number of hydrogen-bond donors (Lipinski definition) is 1. The van der Waals surface area contributed by atoms with Gasteiger partial charge in [0.15, 0.2) is 0 Å². The number of hydrogen-bond acceptors (Lipinski definition) is 7. The highest BCUT2D eigenvalue weighted by atomic mass is 32.2. The number of nitrogens with one attached hydrogen (secondary N) is 1. The monoisotopic (exact) mass is 728 g/mol. The lowest BCUT2D eigenvalue weighted by Crippen LogP contribution is -2.66. The minimum absolute atomic E-state index is 0.0231. The summed E-state index contributed by atoms with van der Waals surface area (Å²) in [5, 5.41) is 0.922. The van der Waals surface area contributed by atoms with Gasteiger partial charge in [0.05, 0.1) is 61.6 Å². The molecule has 4 atom stereocenters. The highest BCUT2D eigenvalue weighted by molar-refractivity contribution is 7.90. The summed E-state index contributed by atoms with van der Waals surface area (Å²) in [5.41, 5.74) is 5.26. The molecule has 2 amide bonds. The zero-order valence-electron chi connectivity index (χ0n) is 28.8. The highest BCUT2D eigenvalue weighted by Gasteiger charge is 2.50. The predicted molar refractivity (Wildman–Crippen MR) is 184 cm³/mol. The summed E-state index contributed by atoms with van der Waals surface area (Å²) in [6.07, 6.45) is 3.64. The van der Waals surface area contributed by atoms with Gasteiger partial charge in [0, 0.05) is 36.6 Å². The van der Waals surface area contributed by atoms with E-state index in [4.69, 9.17) is 9.47 Å². The molecule has 2 saturated heterocycles. The molecule has 1 unspecified atom stereocenters. The van der Waals surface area contributed by atoms with Gasteiger partial charge >= 0.3 is 6.18 Å². The van der Waals surface area contributed by atoms with Crippen LogP contribution >= 0.6 is 0 Å². The molecule has 0 spiro atoms. The normalized spacial score (nSPS) is 26.8. The number of nitrogens with zero attached hydrogens (tertiary/aromatic N) is 3. The molecular weight excluding hydrogens is 685 g/mol. The second-order valence-electron chi connectivity index (χ2n) is 14.9. The van der Waals surface area contributed by atoms with Crippen molar-refractivity contribution in [3.05, 3.63) is 63.9 Å². The topological polar surface area (TPSA) is 110 Å². The number of aromatic nitrogens is 1. The molecular formula is C37H43F3N4O6S. The Kier molecular flexibility index (Phi) is 8.65. The van der Waals surface area contributed by atoms with E-state index >= 15 is 0 Å². The number of allylic oxidation sites excluding steroid dienone is 4. The van der Waals surface area contributed by atoms with Gasteiger partial charge in [-0.2, -0.15) is 13.2 Å². The number of carbonyl (C=O) groups excluding carboxylic acids is 2. The van der Waals surface area contributed by atoms with Crippen LogP contribution in [0.2, 0.25) is 0 Å². The Bertz CT molecular complexity index is 1980. The quantitative estimate of drug-likeness (QED) is 0.432. The number of amides is 2. The summed E-state index contributed by atoms with van der Waals surface area (Å²) >= 11 is 0. The number of ether oxygens (including phenoxy) is 2. The van der Waals surface area contributed by atoms with Crippen molar-refractivity contribution in [1.29, 1.82) is 0 Å². The molecule has 0 radical (unpaired) electrons. The van der Waals surface area contributed by atoms with Crippen LogP contribution in [0.3, 0.4) is 0 Å². The maximum absolute atomic E-state index is 14.9. The third-order valence-electron chi connectivity index (χ3n) is 11.6. The van der Waals surface area contributed by atoms with Crippen molar-refractivity contribution in [1.82, 2.24) is 19.1 Å². The van der Waals surface area contributed by atoms with Gasteiger partial charge in [-0.1, -0.05) is 37.5 Å². The number of rotatable bonds is 7. The van der Waals surface area contributed by atoms with E-state index in [2.05, 4.69) is 28.6 Å². The summed E-state index contributed by atoms with van der Waals surface area (Å²) < 4.78 is 79.9. The van der Waals surface area contributed by atoms with Crippen molar-refractivity contribution in [2.45, 2.75) is 81.6 Å². The number of methoxy groups -OCH3 is 1. The van der Waals surface area contributed by atoms with Gasteiger partial charge < -0.3 is 23.8 Å². The fourth-order valence-electron chi connectivity index (χ4n) is 9.43. The third-order valence-corrected chi connectivity index (χ3v) is 12.9. The van der Waals surface area contributed by atoms with E-state index in [-0.39, 0.29) is 30.1 Å². The Balaban J connectivity index is 1.26. The van der Waals surface area contributed by atoms with Crippen molar-refractivity contribution in [3.63, 3.8) is 0 Å². The second kappa shape index (κ2) is 12.8. The SMILES string of the molecule is COc1ccc(C2CCCCC2)c2c1cc1n2CC2=C(C(=O)NS(=O)(=O)CCC(F)(F)F)C2=C2C=CC[C@@H](C(=O)N3[C@@H]4COC[C@H]3CN(C)C4)C21. The third kappa shape index (κ3) is 6.20. The molecule has 1 N–H and O–H groups in total. The summed E-state index contributed by atoms with van der Waals surface area (Å²) in [6, 6.07) is 6.08. The molecule has 1 saturated carbocycles. The van der Waals surface area contributed by atoms with E-state index in [1.165, 1.54) is 12.0 Å². The number of piperazine rings is 1. The average molecular weight is 729 g/mol. The summed E-state index contributed by atoms with van der Waals surface area (Å²) in [7, 11) is -0.874. The first-order valence-electron chi connectivity index (χ1n) is 17.9. The number of morpholine rings is 1. The molecule has 6 aliphatic rings. The molecule has 8 rings (SSSR count). The second-order valence-corrected chi connectivity index (χ2v) is 16.8. The van der Waals surface area contributed by atoms with Gasteiger partial charge in [0.1, 0.15) is 5.75 Å². The molecule has 3 aliphatic carbocycles. The van der Waals surface area contributed by atoms with Crippen LogP contribution in [0.15, 0.2) is 52.6 Å². The fraction of sp³-hybridized carbons (Fsp3) is 0.568. The molecule has 274 valence electrons. The minimum Gasteiger partial charge on any atom is -0.496 e. The van der Waals surface area contributed by atoms with Crippen molar-refractivity contribution < 1.29 is 40.7 Å². The van der Waals surface area contributed by atoms with E-state index in [0.717, 1.165) is 47.9 Å². The van der Waals surface area contributed by atoms with E-state index in [0.29, 0.717) is 55.5 Å². The van der Waals surface area contributed by atoms with Gasteiger partial charge in [-0.3, -0.25) is 9.59 Å². The Morgan fingerprint density at radius 3 is 2.49 bits per heavy atom. The van der Waals surface area contributed by atoms with Gasteiger partial charge in [0.2, 0.25) is 15.9 Å². The molecule has 1 aromatic heterocycles. The smallest absolute Gasteiger partial charge is 0.390 e. The number of carbonyl (C=O) groups is 2. The highest BCUT2D eigenvalue weighted by Crippen LogP contribution is 2.55. The summed E-state index contributed by atoms with van der Waals surface area (Å²) in [6.45, 7) is 2.56. The van der Waals surface area contributed by atoms with Crippen molar-refractivity contribution >= 4 is 32.7 Å². The maximum atomic E-state index is 14.9. The number of fused-ring (bicyclic) bond motifs is 8.